The smallest absolute Gasteiger partial charge is 0.243 e. The Morgan fingerprint density at radius 2 is 1.81 bits per heavy atom. The number of piperidine rings is 2. The molecule has 11 atom stereocenters. The lowest BCUT2D eigenvalue weighted by Gasteiger charge is -2.45. The number of piperazine rings is 1. The molecule has 5 heterocycles. The van der Waals surface area contributed by atoms with Gasteiger partial charge in [-0.15, -0.1) is 23.4 Å². The molecule has 5 rings (SSSR count). The van der Waals surface area contributed by atoms with Crippen molar-refractivity contribution in [2.45, 2.75) is 66.5 Å². The summed E-state index contributed by atoms with van der Waals surface area (Å²) in [6.07, 6.45) is 1.45. The number of nitrogens with one attached hydrogen (secondary N) is 6. The number of ether oxygens (including phenoxy) is 2. The van der Waals surface area contributed by atoms with Gasteiger partial charge in [-0.25, -0.2) is 0 Å². The van der Waals surface area contributed by atoms with Crippen molar-refractivity contribution in [2.24, 2.45) is 17.8 Å². The first-order valence-corrected chi connectivity index (χ1v) is 14.9. The van der Waals surface area contributed by atoms with Gasteiger partial charge in [-0.2, -0.15) is 0 Å². The molecule has 0 aromatic heterocycles. The van der Waals surface area contributed by atoms with Crippen molar-refractivity contribution in [3.63, 3.8) is 0 Å². The van der Waals surface area contributed by atoms with Gasteiger partial charge in [0.25, 0.3) is 0 Å². The van der Waals surface area contributed by atoms with Gasteiger partial charge in [0, 0.05) is 70.8 Å². The molecule has 0 bridgehead atoms. The third kappa shape index (κ3) is 6.07. The summed E-state index contributed by atoms with van der Waals surface area (Å²) < 4.78 is 11.3. The topological polar surface area (TPSA) is 128 Å². The van der Waals surface area contributed by atoms with E-state index in [4.69, 9.17) is 21.1 Å². The van der Waals surface area contributed by atoms with Crippen LogP contribution in [-0.2, 0) is 19.1 Å². The molecule has 5 saturated heterocycles. The molecule has 210 valence electrons. The van der Waals surface area contributed by atoms with E-state index in [9.17, 15) is 9.59 Å². The summed E-state index contributed by atoms with van der Waals surface area (Å²) in [5, 5.41) is 20.4. The number of hydrogen-bond acceptors (Lipinski definition) is 10. The second-order valence-electron chi connectivity index (χ2n) is 11.0. The standard InChI is InChI=1S/C24H42ClN7O4S/c1-12-6-13(14-7-19(25)29-9-17(14)35-2)15(8-28-12)21(33)31-24-30-16-10-32(11-18(16)37-24)23(34)20-22(36-3)27-5-4-26-20/h12-20,22,24,26-30H,4-11H2,1-3H3,(H,31,33). The van der Waals surface area contributed by atoms with E-state index in [0.717, 1.165) is 25.9 Å². The number of amides is 2. The molecule has 0 saturated carbocycles. The van der Waals surface area contributed by atoms with Crippen molar-refractivity contribution >= 4 is 35.2 Å². The first-order valence-electron chi connectivity index (χ1n) is 13.5. The van der Waals surface area contributed by atoms with Gasteiger partial charge in [0.05, 0.1) is 17.5 Å². The van der Waals surface area contributed by atoms with E-state index < -0.39 is 0 Å². The number of likely N-dealkylation sites (tertiary alicyclic amines) is 1. The predicted molar refractivity (Wildman–Crippen MR) is 143 cm³/mol. The highest BCUT2D eigenvalue weighted by Gasteiger charge is 2.48. The van der Waals surface area contributed by atoms with Gasteiger partial charge in [0.15, 0.2) is 0 Å². The lowest BCUT2D eigenvalue weighted by Crippen LogP contribution is -2.63. The number of carbonyl (C=O) groups is 2. The first-order chi connectivity index (χ1) is 17.9. The Bertz CT molecular complexity index is 816. The zero-order valence-electron chi connectivity index (χ0n) is 21.9. The van der Waals surface area contributed by atoms with Gasteiger partial charge in [0.1, 0.15) is 17.8 Å². The summed E-state index contributed by atoms with van der Waals surface area (Å²) >= 11 is 8.18. The monoisotopic (exact) mass is 559 g/mol. The number of alkyl halides is 1. The Balaban J connectivity index is 1.16. The Morgan fingerprint density at radius 3 is 2.57 bits per heavy atom. The van der Waals surface area contributed by atoms with Crippen LogP contribution >= 0.6 is 23.4 Å². The van der Waals surface area contributed by atoms with E-state index >= 15 is 0 Å². The zero-order chi connectivity index (χ0) is 26.1. The molecule has 11 nitrogen and oxygen atoms in total. The summed E-state index contributed by atoms with van der Waals surface area (Å²) in [5.41, 5.74) is -0.255. The lowest BCUT2D eigenvalue weighted by atomic mass is 9.70. The third-order valence-electron chi connectivity index (χ3n) is 8.70. The maximum absolute atomic E-state index is 13.6. The van der Waals surface area contributed by atoms with Crippen LogP contribution in [0.15, 0.2) is 0 Å². The van der Waals surface area contributed by atoms with Crippen molar-refractivity contribution < 1.29 is 19.1 Å². The number of carbonyl (C=O) groups excluding carboxylic acids is 2. The van der Waals surface area contributed by atoms with E-state index in [2.05, 4.69) is 38.8 Å². The maximum Gasteiger partial charge on any atom is 0.243 e. The van der Waals surface area contributed by atoms with Crippen LogP contribution in [-0.4, -0.2) is 117 Å². The number of rotatable bonds is 6. The number of halogens is 1. The molecular formula is C24H42ClN7O4S. The summed E-state index contributed by atoms with van der Waals surface area (Å²) in [4.78, 5) is 28.6. The summed E-state index contributed by atoms with van der Waals surface area (Å²) in [7, 11) is 3.37. The molecule has 13 heteroatoms. The minimum Gasteiger partial charge on any atom is -0.380 e. The second kappa shape index (κ2) is 12.2. The SMILES string of the molecule is COC1CNC(Cl)CC1C1CC(C)NCC1C(=O)NC1NC2CN(C(=O)C3NCCNC3OC)CC2S1. The molecule has 6 N–H and O–H groups in total. The average Bonchev–Trinajstić information content (AvgIpc) is 3.47. The zero-order valence-corrected chi connectivity index (χ0v) is 23.4. The Morgan fingerprint density at radius 1 is 1.00 bits per heavy atom. The van der Waals surface area contributed by atoms with Crippen LogP contribution in [0.2, 0.25) is 0 Å². The van der Waals surface area contributed by atoms with Gasteiger partial charge < -0.3 is 30.3 Å². The fraction of sp³-hybridized carbons (Fsp3) is 0.917. The van der Waals surface area contributed by atoms with Gasteiger partial charge >= 0.3 is 0 Å². The largest absolute Gasteiger partial charge is 0.380 e. The highest BCUT2D eigenvalue weighted by Crippen LogP contribution is 2.38. The quantitative estimate of drug-likeness (QED) is 0.171. The number of methoxy groups -OCH3 is 2. The normalized spacial score (nSPS) is 44.4. The fourth-order valence-corrected chi connectivity index (χ4v) is 8.45. The van der Waals surface area contributed by atoms with Crippen molar-refractivity contribution in [2.75, 3.05) is 53.5 Å². The molecule has 5 aliphatic rings. The van der Waals surface area contributed by atoms with Crippen LogP contribution < -0.4 is 31.9 Å². The molecule has 0 aromatic rings. The summed E-state index contributed by atoms with van der Waals surface area (Å²) in [6, 6.07) is 0.120. The van der Waals surface area contributed by atoms with E-state index in [-0.39, 0.29) is 70.2 Å². The van der Waals surface area contributed by atoms with Crippen molar-refractivity contribution in [3.8, 4) is 0 Å². The van der Waals surface area contributed by atoms with E-state index in [1.165, 1.54) is 0 Å². The molecule has 0 aromatic carbocycles. The highest BCUT2D eigenvalue weighted by atomic mass is 35.5. The van der Waals surface area contributed by atoms with E-state index in [1.54, 1.807) is 26.0 Å². The van der Waals surface area contributed by atoms with Crippen LogP contribution in [0.4, 0.5) is 0 Å². The molecule has 2 amide bonds. The van der Waals surface area contributed by atoms with Crippen LogP contribution in [0, 0.1) is 17.8 Å². The van der Waals surface area contributed by atoms with Crippen molar-refractivity contribution in [1.82, 2.24) is 36.8 Å². The predicted octanol–water partition coefficient (Wildman–Crippen LogP) is -1.36. The molecule has 37 heavy (non-hydrogen) atoms. The maximum atomic E-state index is 13.6. The van der Waals surface area contributed by atoms with E-state index in [1.807, 2.05) is 4.90 Å². The van der Waals surface area contributed by atoms with Crippen LogP contribution in [0.5, 0.6) is 0 Å². The number of thioether (sulfide) groups is 1. The summed E-state index contributed by atoms with van der Waals surface area (Å²) in [5.74, 6) is 0.429. The van der Waals surface area contributed by atoms with Gasteiger partial charge in [-0.1, -0.05) is 0 Å². The van der Waals surface area contributed by atoms with Crippen molar-refractivity contribution in [3.05, 3.63) is 0 Å². The van der Waals surface area contributed by atoms with Gasteiger partial charge in [0.2, 0.25) is 11.8 Å². The molecule has 5 fully saturated rings. The number of nitrogens with zero attached hydrogens (tertiary/aromatic N) is 1. The van der Waals surface area contributed by atoms with Gasteiger partial charge in [-0.3, -0.25) is 25.5 Å². The molecule has 0 spiro atoms. The van der Waals surface area contributed by atoms with Crippen LogP contribution in [0.3, 0.4) is 0 Å². The Hall–Kier alpha value is -0.700. The first kappa shape index (κ1) is 27.9. The summed E-state index contributed by atoms with van der Waals surface area (Å²) in [6.45, 7) is 6.34. The van der Waals surface area contributed by atoms with E-state index in [0.29, 0.717) is 32.2 Å². The second-order valence-corrected chi connectivity index (χ2v) is 12.9. The van der Waals surface area contributed by atoms with Crippen LogP contribution in [0.1, 0.15) is 19.8 Å². The lowest BCUT2D eigenvalue weighted by molar-refractivity contribution is -0.138. The van der Waals surface area contributed by atoms with Crippen molar-refractivity contribution in [1.29, 1.82) is 0 Å². The Labute approximate surface area is 228 Å². The number of hydrogen-bond donors (Lipinski definition) is 6. The highest BCUT2D eigenvalue weighted by molar-refractivity contribution is 8.00. The minimum absolute atomic E-state index is 0.0500. The molecule has 0 radical (unpaired) electrons. The molecular weight excluding hydrogens is 518 g/mol. The van der Waals surface area contributed by atoms with Gasteiger partial charge in [-0.05, 0) is 31.6 Å². The third-order valence-corrected chi connectivity index (χ3v) is 10.4. The van der Waals surface area contributed by atoms with Crippen LogP contribution in [0.25, 0.3) is 0 Å². The molecule has 5 aliphatic heterocycles. The molecule has 0 aliphatic carbocycles. The average molecular weight is 560 g/mol. The minimum atomic E-state index is -0.380. The Kier molecular flexibility index (Phi) is 9.20. The number of fused-ring (bicyclic) bond motifs is 1. The molecule has 11 unspecified atom stereocenters. The fourth-order valence-electron chi connectivity index (χ4n) is 6.75.